The van der Waals surface area contributed by atoms with Crippen molar-refractivity contribution in [3.8, 4) is 0 Å². The van der Waals surface area contributed by atoms with Crippen molar-refractivity contribution in [2.45, 2.75) is 26.0 Å². The SMILES string of the molecule is O=C1CCc2cc(C(=O)NCc3ccccc3CO)c(F)cc2N1. The Morgan fingerprint density at radius 3 is 2.71 bits per heavy atom. The molecule has 1 aliphatic heterocycles. The molecule has 0 spiro atoms. The Morgan fingerprint density at radius 2 is 1.96 bits per heavy atom. The molecule has 1 aliphatic rings. The lowest BCUT2D eigenvalue weighted by Gasteiger charge is -2.18. The van der Waals surface area contributed by atoms with Crippen molar-refractivity contribution in [1.82, 2.24) is 5.32 Å². The fraction of sp³-hybridized carbons (Fsp3) is 0.222. The molecule has 0 aliphatic carbocycles. The fourth-order valence-corrected chi connectivity index (χ4v) is 2.73. The van der Waals surface area contributed by atoms with Gasteiger partial charge in [-0.2, -0.15) is 0 Å². The van der Waals surface area contributed by atoms with Gasteiger partial charge >= 0.3 is 0 Å². The predicted molar refractivity (Wildman–Crippen MR) is 86.9 cm³/mol. The third kappa shape index (κ3) is 3.28. The molecule has 124 valence electrons. The highest BCUT2D eigenvalue weighted by molar-refractivity contribution is 5.98. The number of hydrogen-bond acceptors (Lipinski definition) is 3. The number of benzene rings is 2. The molecule has 0 radical (unpaired) electrons. The number of carbonyl (C=O) groups is 2. The quantitative estimate of drug-likeness (QED) is 0.804. The van der Waals surface area contributed by atoms with Crippen LogP contribution in [-0.2, 0) is 24.4 Å². The normalized spacial score (nSPS) is 13.2. The maximum absolute atomic E-state index is 14.2. The molecule has 2 aromatic rings. The minimum absolute atomic E-state index is 0.0496. The Morgan fingerprint density at radius 1 is 1.21 bits per heavy atom. The average Bonchev–Trinajstić information content (AvgIpc) is 2.59. The first-order valence-corrected chi connectivity index (χ1v) is 7.66. The number of rotatable bonds is 4. The topological polar surface area (TPSA) is 78.4 Å². The first-order valence-electron chi connectivity index (χ1n) is 7.66. The van der Waals surface area contributed by atoms with Gasteiger partial charge in [0, 0.05) is 18.7 Å². The lowest BCUT2D eigenvalue weighted by molar-refractivity contribution is -0.116. The number of carbonyl (C=O) groups excluding carboxylic acids is 2. The molecule has 0 bridgehead atoms. The van der Waals surface area contributed by atoms with Crippen molar-refractivity contribution in [3.05, 3.63) is 64.5 Å². The maximum atomic E-state index is 14.2. The van der Waals surface area contributed by atoms with Crippen LogP contribution in [0, 0.1) is 5.82 Å². The number of aliphatic hydroxyl groups excluding tert-OH is 1. The van der Waals surface area contributed by atoms with Crippen LogP contribution in [0.5, 0.6) is 0 Å². The summed E-state index contributed by atoms with van der Waals surface area (Å²) in [6.45, 7) is 0.0712. The van der Waals surface area contributed by atoms with E-state index in [-0.39, 0.29) is 24.6 Å². The second-order valence-electron chi connectivity index (χ2n) is 5.65. The number of aliphatic hydroxyl groups is 1. The van der Waals surface area contributed by atoms with E-state index in [1.807, 2.05) is 6.07 Å². The second kappa shape index (κ2) is 6.80. The van der Waals surface area contributed by atoms with Crippen molar-refractivity contribution in [1.29, 1.82) is 0 Å². The van der Waals surface area contributed by atoms with Gasteiger partial charge < -0.3 is 15.7 Å². The Bertz CT molecular complexity index is 805. The van der Waals surface area contributed by atoms with E-state index < -0.39 is 11.7 Å². The van der Waals surface area contributed by atoms with Gasteiger partial charge in [-0.3, -0.25) is 9.59 Å². The van der Waals surface area contributed by atoms with E-state index >= 15 is 0 Å². The molecular weight excluding hydrogens is 311 g/mol. The summed E-state index contributed by atoms with van der Waals surface area (Å²) < 4.78 is 14.2. The van der Waals surface area contributed by atoms with Crippen LogP contribution in [0.2, 0.25) is 0 Å². The van der Waals surface area contributed by atoms with Crippen LogP contribution in [-0.4, -0.2) is 16.9 Å². The summed E-state index contributed by atoms with van der Waals surface area (Å²) in [4.78, 5) is 23.6. The number of nitrogens with one attached hydrogen (secondary N) is 2. The van der Waals surface area contributed by atoms with Crippen LogP contribution in [0.15, 0.2) is 36.4 Å². The van der Waals surface area contributed by atoms with E-state index in [0.717, 1.165) is 11.1 Å². The number of anilines is 1. The fourth-order valence-electron chi connectivity index (χ4n) is 2.73. The van der Waals surface area contributed by atoms with Crippen LogP contribution < -0.4 is 10.6 Å². The molecular formula is C18H17FN2O3. The summed E-state index contributed by atoms with van der Waals surface area (Å²) >= 11 is 0. The molecule has 0 unspecified atom stereocenters. The third-order valence-electron chi connectivity index (χ3n) is 4.06. The van der Waals surface area contributed by atoms with E-state index in [4.69, 9.17) is 0 Å². The van der Waals surface area contributed by atoms with Crippen molar-refractivity contribution in [2.75, 3.05) is 5.32 Å². The van der Waals surface area contributed by atoms with Crippen LogP contribution in [0.25, 0.3) is 0 Å². The maximum Gasteiger partial charge on any atom is 0.254 e. The van der Waals surface area contributed by atoms with E-state index in [2.05, 4.69) is 10.6 Å². The summed E-state index contributed by atoms with van der Waals surface area (Å²) in [5, 5.41) is 14.6. The lowest BCUT2D eigenvalue weighted by Crippen LogP contribution is -2.26. The number of hydrogen-bond donors (Lipinski definition) is 3. The Balaban J connectivity index is 1.77. The second-order valence-corrected chi connectivity index (χ2v) is 5.65. The van der Waals surface area contributed by atoms with E-state index in [9.17, 15) is 19.1 Å². The molecule has 2 aromatic carbocycles. The molecule has 0 atom stereocenters. The van der Waals surface area contributed by atoms with Gasteiger partial charge in [0.05, 0.1) is 12.2 Å². The van der Waals surface area contributed by atoms with Gasteiger partial charge in [0.15, 0.2) is 0 Å². The Hall–Kier alpha value is -2.73. The molecule has 3 N–H and O–H groups in total. The van der Waals surface area contributed by atoms with Crippen molar-refractivity contribution < 1.29 is 19.1 Å². The van der Waals surface area contributed by atoms with E-state index in [0.29, 0.717) is 24.1 Å². The molecule has 6 heteroatoms. The first-order chi connectivity index (χ1) is 11.6. The number of fused-ring (bicyclic) bond motifs is 1. The Kier molecular flexibility index (Phi) is 4.57. The monoisotopic (exact) mass is 328 g/mol. The highest BCUT2D eigenvalue weighted by Crippen LogP contribution is 2.26. The van der Waals surface area contributed by atoms with E-state index in [1.54, 1.807) is 18.2 Å². The van der Waals surface area contributed by atoms with Gasteiger partial charge in [-0.15, -0.1) is 0 Å². The van der Waals surface area contributed by atoms with Gasteiger partial charge in [0.2, 0.25) is 5.91 Å². The van der Waals surface area contributed by atoms with Crippen LogP contribution in [0.4, 0.5) is 10.1 Å². The predicted octanol–water partition coefficient (Wildman–Crippen LogP) is 2.13. The third-order valence-corrected chi connectivity index (χ3v) is 4.06. The summed E-state index contributed by atoms with van der Waals surface area (Å²) in [7, 11) is 0. The molecule has 2 amide bonds. The summed E-state index contributed by atoms with van der Waals surface area (Å²) in [5.41, 5.74) is 2.61. The van der Waals surface area contributed by atoms with Crippen molar-refractivity contribution in [3.63, 3.8) is 0 Å². The minimum atomic E-state index is -0.677. The highest BCUT2D eigenvalue weighted by atomic mass is 19.1. The molecule has 24 heavy (non-hydrogen) atoms. The lowest BCUT2D eigenvalue weighted by atomic mass is 9.99. The molecule has 0 aromatic heterocycles. The van der Waals surface area contributed by atoms with Gasteiger partial charge in [-0.05, 0) is 35.2 Å². The van der Waals surface area contributed by atoms with Crippen LogP contribution >= 0.6 is 0 Å². The number of halogens is 1. The first kappa shape index (κ1) is 16.1. The van der Waals surface area contributed by atoms with Gasteiger partial charge in [-0.25, -0.2) is 4.39 Å². The zero-order valence-electron chi connectivity index (χ0n) is 12.9. The zero-order chi connectivity index (χ0) is 17.1. The smallest absolute Gasteiger partial charge is 0.254 e. The van der Waals surface area contributed by atoms with Gasteiger partial charge in [0.1, 0.15) is 5.82 Å². The molecule has 0 saturated heterocycles. The highest BCUT2D eigenvalue weighted by Gasteiger charge is 2.20. The minimum Gasteiger partial charge on any atom is -0.392 e. The number of aryl methyl sites for hydroxylation is 1. The molecule has 0 saturated carbocycles. The van der Waals surface area contributed by atoms with Crippen LogP contribution in [0.3, 0.4) is 0 Å². The summed E-state index contributed by atoms with van der Waals surface area (Å²) in [6, 6.07) is 9.84. The largest absolute Gasteiger partial charge is 0.392 e. The number of amides is 2. The summed E-state index contributed by atoms with van der Waals surface area (Å²) in [6.07, 6.45) is 0.804. The van der Waals surface area contributed by atoms with Crippen molar-refractivity contribution in [2.24, 2.45) is 0 Å². The molecule has 1 heterocycles. The summed E-state index contributed by atoms with van der Waals surface area (Å²) in [5.74, 6) is -1.36. The van der Waals surface area contributed by atoms with Gasteiger partial charge in [-0.1, -0.05) is 24.3 Å². The Labute approximate surface area is 138 Å². The average molecular weight is 328 g/mol. The molecule has 0 fully saturated rings. The van der Waals surface area contributed by atoms with Gasteiger partial charge in [0.25, 0.3) is 5.91 Å². The van der Waals surface area contributed by atoms with E-state index in [1.165, 1.54) is 12.1 Å². The van der Waals surface area contributed by atoms with Crippen LogP contribution in [0.1, 0.15) is 33.5 Å². The standard InChI is InChI=1S/C18H17FN2O3/c19-15-8-16-11(5-6-17(23)21-16)7-14(15)18(24)20-9-12-3-1-2-4-13(12)10-22/h1-4,7-8,22H,5-6,9-10H2,(H,20,24)(H,21,23). The molecule has 3 rings (SSSR count). The zero-order valence-corrected chi connectivity index (χ0v) is 12.9. The van der Waals surface area contributed by atoms with Crippen molar-refractivity contribution >= 4 is 17.5 Å². The molecule has 5 nitrogen and oxygen atoms in total.